The van der Waals surface area contributed by atoms with Crippen LogP contribution in [0.5, 0.6) is 0 Å². The van der Waals surface area contributed by atoms with Gasteiger partial charge in [0, 0.05) is 19.7 Å². The lowest BCUT2D eigenvalue weighted by molar-refractivity contribution is 0.0689. The molecule has 0 aliphatic rings. The van der Waals surface area contributed by atoms with Crippen LogP contribution in [0.25, 0.3) is 0 Å². The molecule has 4 N–H and O–H groups in total. The second-order valence-electron chi connectivity index (χ2n) is 3.40. The summed E-state index contributed by atoms with van der Waals surface area (Å²) in [5.74, 6) is -1.11. The van der Waals surface area contributed by atoms with Gasteiger partial charge in [-0.3, -0.25) is 0 Å². The molecule has 0 bridgehead atoms. The highest BCUT2D eigenvalue weighted by molar-refractivity contribution is 5.86. The molecule has 0 fully saturated rings. The van der Waals surface area contributed by atoms with E-state index in [0.717, 1.165) is 19.3 Å². The molecule has 0 radical (unpaired) electrons. The Morgan fingerprint density at radius 3 is 2.69 bits per heavy atom. The summed E-state index contributed by atoms with van der Waals surface area (Å²) < 4.78 is 1.51. The van der Waals surface area contributed by atoms with E-state index in [9.17, 15) is 4.79 Å². The molecule has 1 aromatic rings. The smallest absolute Gasteiger partial charge is 0.358 e. The molecule has 0 aliphatic carbocycles. The molecule has 1 aromatic heterocycles. The normalized spacial score (nSPS) is 10.6. The summed E-state index contributed by atoms with van der Waals surface area (Å²) in [7, 11) is 0. The highest BCUT2D eigenvalue weighted by atomic mass is 16.4. The highest BCUT2D eigenvalue weighted by Crippen LogP contribution is 2.06. The van der Waals surface area contributed by atoms with E-state index >= 15 is 0 Å². The number of unbranched alkanes of at least 4 members (excludes halogenated alkanes) is 2. The van der Waals surface area contributed by atoms with E-state index < -0.39 is 5.97 Å². The lowest BCUT2D eigenvalue weighted by Crippen LogP contribution is -2.12. The summed E-state index contributed by atoms with van der Waals surface area (Å²) >= 11 is 0. The number of hydrogen-bond acceptors (Lipinski definition) is 5. The molecule has 0 aromatic carbocycles. The number of aryl methyl sites for hydroxylation is 1. The second kappa shape index (κ2) is 6.19. The third kappa shape index (κ3) is 3.01. The van der Waals surface area contributed by atoms with E-state index in [-0.39, 0.29) is 18.8 Å². The standard InChI is InChI=1S/C9H16N4O3/c10-6-7-8(9(15)16)11-12-13(7)4-2-1-3-5-14/h14H,1-6,10H2,(H,15,16). The Hall–Kier alpha value is -1.47. The zero-order valence-electron chi connectivity index (χ0n) is 8.96. The number of carboxylic acids is 1. The summed E-state index contributed by atoms with van der Waals surface area (Å²) in [4.78, 5) is 10.8. The molecule has 0 saturated carbocycles. The highest BCUT2D eigenvalue weighted by Gasteiger charge is 2.16. The summed E-state index contributed by atoms with van der Waals surface area (Å²) in [6, 6.07) is 0. The van der Waals surface area contributed by atoms with E-state index in [1.165, 1.54) is 4.68 Å². The van der Waals surface area contributed by atoms with Gasteiger partial charge >= 0.3 is 5.97 Å². The fourth-order valence-corrected chi connectivity index (χ4v) is 1.43. The van der Waals surface area contributed by atoms with E-state index in [1.54, 1.807) is 0 Å². The van der Waals surface area contributed by atoms with Gasteiger partial charge < -0.3 is 15.9 Å². The van der Waals surface area contributed by atoms with Crippen LogP contribution < -0.4 is 5.73 Å². The van der Waals surface area contributed by atoms with Crippen molar-refractivity contribution < 1.29 is 15.0 Å². The molecule has 90 valence electrons. The SMILES string of the molecule is NCc1c(C(=O)O)nnn1CCCCCO. The van der Waals surface area contributed by atoms with Gasteiger partial charge in [0.15, 0.2) is 5.69 Å². The molecule has 1 rings (SSSR count). The van der Waals surface area contributed by atoms with Crippen molar-refractivity contribution in [3.63, 3.8) is 0 Å². The van der Waals surface area contributed by atoms with Gasteiger partial charge in [-0.15, -0.1) is 5.10 Å². The van der Waals surface area contributed by atoms with Gasteiger partial charge in [0.1, 0.15) is 0 Å². The van der Waals surface area contributed by atoms with Gasteiger partial charge in [0.25, 0.3) is 0 Å². The number of hydrogen-bond donors (Lipinski definition) is 3. The van der Waals surface area contributed by atoms with Gasteiger partial charge in [-0.1, -0.05) is 5.21 Å². The Kier molecular flexibility index (Phi) is 4.87. The topological polar surface area (TPSA) is 114 Å². The second-order valence-corrected chi connectivity index (χ2v) is 3.40. The lowest BCUT2D eigenvalue weighted by atomic mass is 10.2. The summed E-state index contributed by atoms with van der Waals surface area (Å²) in [6.45, 7) is 0.850. The number of aliphatic hydroxyl groups is 1. The predicted molar refractivity (Wildman–Crippen MR) is 55.8 cm³/mol. The fraction of sp³-hybridized carbons (Fsp3) is 0.667. The zero-order chi connectivity index (χ0) is 12.0. The van der Waals surface area contributed by atoms with Crippen molar-refractivity contribution in [3.05, 3.63) is 11.4 Å². The maximum absolute atomic E-state index is 10.8. The van der Waals surface area contributed by atoms with E-state index in [4.69, 9.17) is 15.9 Å². The molecular weight excluding hydrogens is 212 g/mol. The van der Waals surface area contributed by atoms with Crippen LogP contribution in [0.2, 0.25) is 0 Å². The van der Waals surface area contributed by atoms with Crippen LogP contribution in [0.15, 0.2) is 0 Å². The number of carbonyl (C=O) groups is 1. The molecule has 0 unspecified atom stereocenters. The number of aromatic nitrogens is 3. The molecule has 0 saturated heterocycles. The van der Waals surface area contributed by atoms with Crippen molar-refractivity contribution >= 4 is 5.97 Å². The quantitative estimate of drug-likeness (QED) is 0.547. The van der Waals surface area contributed by atoms with Crippen LogP contribution in [-0.2, 0) is 13.1 Å². The zero-order valence-corrected chi connectivity index (χ0v) is 8.96. The summed E-state index contributed by atoms with van der Waals surface area (Å²) in [5, 5.41) is 24.7. The molecule has 1 heterocycles. The maximum Gasteiger partial charge on any atom is 0.358 e. The first kappa shape index (κ1) is 12.6. The number of aliphatic hydroxyl groups excluding tert-OH is 1. The largest absolute Gasteiger partial charge is 0.476 e. The number of aromatic carboxylic acids is 1. The third-order valence-corrected chi connectivity index (χ3v) is 2.26. The lowest BCUT2D eigenvalue weighted by Gasteiger charge is -2.04. The van der Waals surface area contributed by atoms with E-state index in [0.29, 0.717) is 12.2 Å². The average Bonchev–Trinajstić information content (AvgIpc) is 2.67. The number of rotatable bonds is 7. The summed E-state index contributed by atoms with van der Waals surface area (Å²) in [5.41, 5.74) is 5.82. The van der Waals surface area contributed by atoms with Gasteiger partial charge in [-0.25, -0.2) is 9.48 Å². The van der Waals surface area contributed by atoms with Crippen LogP contribution in [0.1, 0.15) is 35.4 Å². The molecule has 7 nitrogen and oxygen atoms in total. The van der Waals surface area contributed by atoms with Crippen LogP contribution in [0, 0.1) is 0 Å². The van der Waals surface area contributed by atoms with Crippen molar-refractivity contribution in [1.82, 2.24) is 15.0 Å². The first-order chi connectivity index (χ1) is 7.70. The Bertz CT molecular complexity index is 351. The maximum atomic E-state index is 10.8. The van der Waals surface area contributed by atoms with Gasteiger partial charge in [0.2, 0.25) is 0 Å². The van der Waals surface area contributed by atoms with Crippen molar-refractivity contribution in [2.24, 2.45) is 5.73 Å². The van der Waals surface area contributed by atoms with Crippen molar-refractivity contribution in [1.29, 1.82) is 0 Å². The monoisotopic (exact) mass is 228 g/mol. The average molecular weight is 228 g/mol. The van der Waals surface area contributed by atoms with Gasteiger partial charge in [-0.05, 0) is 19.3 Å². The minimum absolute atomic E-state index is 0.0790. The van der Waals surface area contributed by atoms with Crippen LogP contribution in [0.3, 0.4) is 0 Å². The van der Waals surface area contributed by atoms with Crippen LogP contribution >= 0.6 is 0 Å². The van der Waals surface area contributed by atoms with E-state index in [2.05, 4.69) is 10.3 Å². The third-order valence-electron chi connectivity index (χ3n) is 2.26. The van der Waals surface area contributed by atoms with Crippen LogP contribution in [-0.4, -0.2) is 37.8 Å². The van der Waals surface area contributed by atoms with E-state index in [1.807, 2.05) is 0 Å². The van der Waals surface area contributed by atoms with Gasteiger partial charge in [0.05, 0.1) is 5.69 Å². The first-order valence-corrected chi connectivity index (χ1v) is 5.17. The molecular formula is C9H16N4O3. The minimum atomic E-state index is -1.11. The Labute approximate surface area is 92.9 Å². The molecule has 16 heavy (non-hydrogen) atoms. The molecule has 7 heteroatoms. The minimum Gasteiger partial charge on any atom is -0.476 e. The Morgan fingerprint density at radius 2 is 2.12 bits per heavy atom. The number of nitrogens with zero attached hydrogens (tertiary/aromatic N) is 3. The number of nitrogens with two attached hydrogens (primary N) is 1. The summed E-state index contributed by atoms with van der Waals surface area (Å²) in [6.07, 6.45) is 2.41. The molecule has 0 spiro atoms. The Morgan fingerprint density at radius 1 is 1.38 bits per heavy atom. The van der Waals surface area contributed by atoms with Crippen LogP contribution in [0.4, 0.5) is 0 Å². The van der Waals surface area contributed by atoms with Gasteiger partial charge in [-0.2, -0.15) is 0 Å². The molecule has 0 aliphatic heterocycles. The Balaban J connectivity index is 2.62. The van der Waals surface area contributed by atoms with Crippen molar-refractivity contribution in [2.75, 3.05) is 6.61 Å². The molecule has 0 amide bonds. The predicted octanol–water partition coefficient (Wildman–Crippen LogP) is -0.402. The number of carboxylic acid groups (broad SMARTS) is 1. The van der Waals surface area contributed by atoms with Crippen molar-refractivity contribution in [2.45, 2.75) is 32.4 Å². The fourth-order valence-electron chi connectivity index (χ4n) is 1.43. The van der Waals surface area contributed by atoms with Crippen molar-refractivity contribution in [3.8, 4) is 0 Å². The first-order valence-electron chi connectivity index (χ1n) is 5.17. The molecule has 0 atom stereocenters.